The Morgan fingerprint density at radius 3 is 2.67 bits per heavy atom. The number of carbonyl (C=O) groups excluding carboxylic acids is 1. The molecule has 4 rings (SSSR count). The summed E-state index contributed by atoms with van der Waals surface area (Å²) in [6.07, 6.45) is -1.03. The van der Waals surface area contributed by atoms with Crippen molar-refractivity contribution in [2.45, 2.75) is 51.1 Å². The van der Waals surface area contributed by atoms with Gasteiger partial charge < -0.3 is 25.4 Å². The van der Waals surface area contributed by atoms with Crippen LogP contribution in [0, 0.1) is 16.7 Å². The van der Waals surface area contributed by atoms with E-state index in [0.717, 1.165) is 0 Å². The summed E-state index contributed by atoms with van der Waals surface area (Å²) in [6, 6.07) is 1.86. The molecule has 2 aromatic heterocycles. The number of nitrogens with two attached hydrogens (primary N) is 1. The van der Waals surface area contributed by atoms with Gasteiger partial charge in [0, 0.05) is 0 Å². The molecule has 2 aliphatic heterocycles. The summed E-state index contributed by atoms with van der Waals surface area (Å²) >= 11 is 0. The third-order valence-corrected chi connectivity index (χ3v) is 4.25. The number of nitriles is 1. The van der Waals surface area contributed by atoms with E-state index in [4.69, 9.17) is 30.6 Å². The quantitative estimate of drug-likeness (QED) is 0.716. The van der Waals surface area contributed by atoms with E-state index in [1.54, 1.807) is 18.4 Å². The zero-order chi connectivity index (χ0) is 19.9. The molecular formula is C16H19N7O4. The zero-order valence-electron chi connectivity index (χ0n) is 15.0. The molecule has 0 spiro atoms. The van der Waals surface area contributed by atoms with Crippen LogP contribution >= 0.6 is 0 Å². The van der Waals surface area contributed by atoms with E-state index in [-0.39, 0.29) is 17.4 Å². The molecule has 2 aromatic rings. The average molecular weight is 373 g/mol. The molecule has 4 atom stereocenters. The molecule has 0 aliphatic carbocycles. The van der Waals surface area contributed by atoms with Gasteiger partial charge in [0.05, 0.1) is 6.33 Å². The molecule has 4 heterocycles. The number of rotatable bonds is 2. The van der Waals surface area contributed by atoms with Crippen molar-refractivity contribution in [2.75, 3.05) is 5.73 Å². The lowest BCUT2D eigenvalue weighted by Gasteiger charge is -2.24. The van der Waals surface area contributed by atoms with Crippen LogP contribution in [0.2, 0.25) is 0 Å². The van der Waals surface area contributed by atoms with Gasteiger partial charge in [0.2, 0.25) is 5.82 Å². The molecule has 11 heteroatoms. The van der Waals surface area contributed by atoms with Gasteiger partial charge in [-0.3, -0.25) is 9.36 Å². The summed E-state index contributed by atoms with van der Waals surface area (Å²) in [4.78, 5) is 24.2. The summed E-state index contributed by atoms with van der Waals surface area (Å²) in [5.74, 6) is -0.974. The molecule has 3 N–H and O–H groups in total. The van der Waals surface area contributed by atoms with Gasteiger partial charge in [-0.25, -0.2) is 4.98 Å². The van der Waals surface area contributed by atoms with Gasteiger partial charge in [-0.15, -0.1) is 0 Å². The molecule has 27 heavy (non-hydrogen) atoms. The highest BCUT2D eigenvalue weighted by Crippen LogP contribution is 2.44. The number of ketones is 1. The third kappa shape index (κ3) is 3.03. The summed E-state index contributed by atoms with van der Waals surface area (Å²) in [6.45, 7) is 7.50. The maximum Gasteiger partial charge on any atom is 0.236 e. The van der Waals surface area contributed by atoms with E-state index in [2.05, 4.69) is 21.7 Å². The maximum atomic E-state index is 12.0. The van der Waals surface area contributed by atoms with Crippen LogP contribution in [0.25, 0.3) is 11.2 Å². The van der Waals surface area contributed by atoms with Gasteiger partial charge in [-0.2, -0.15) is 15.2 Å². The number of ether oxygens (including phenoxy) is 3. The lowest BCUT2D eigenvalue weighted by atomic mass is 10.1. The standard InChI is InChI=1S/C15H16N6O4.CH3N/c1-6(22)9-10-11(25-15(2,3)24-10)14(23-9)21-5-18-8-12(17)19-7(4-16)20-13(8)21;1-2/h5,9-11,14H,1-3H3,(H2,17,19,20);2H,1H2/t9-,10-,11-,14-;/m1./s1. The molecule has 0 radical (unpaired) electrons. The zero-order valence-corrected chi connectivity index (χ0v) is 15.0. The average Bonchev–Trinajstić information content (AvgIpc) is 3.27. The Morgan fingerprint density at radius 2 is 2.04 bits per heavy atom. The van der Waals surface area contributed by atoms with Gasteiger partial charge in [-0.1, -0.05) is 0 Å². The second kappa shape index (κ2) is 6.66. The SMILES string of the molecule is C=N.CC(=O)[C@H]1O[C@@H](n2cnc3c(N)nc(C#N)nc32)[C@@H]2OC(C)(C)O[C@@H]21. The number of nitrogens with one attached hydrogen (secondary N) is 1. The monoisotopic (exact) mass is 373 g/mol. The van der Waals surface area contributed by atoms with E-state index in [9.17, 15) is 4.79 Å². The van der Waals surface area contributed by atoms with Crippen LogP contribution in [0.3, 0.4) is 0 Å². The summed E-state index contributed by atoms with van der Waals surface area (Å²) in [7, 11) is 0. The van der Waals surface area contributed by atoms with Crippen molar-refractivity contribution in [3.63, 3.8) is 0 Å². The Balaban J connectivity index is 0.00000102. The summed E-state index contributed by atoms with van der Waals surface area (Å²) < 4.78 is 19.3. The number of Topliss-reactive ketones (excluding diaryl/α,β-unsaturated/α-hetero) is 1. The predicted octanol–water partition coefficient (Wildman–Crippen LogP) is 0.552. The van der Waals surface area contributed by atoms with Crippen LogP contribution in [0.15, 0.2) is 6.33 Å². The van der Waals surface area contributed by atoms with Crippen molar-refractivity contribution >= 4 is 29.5 Å². The Morgan fingerprint density at radius 1 is 1.37 bits per heavy atom. The minimum Gasteiger partial charge on any atom is -0.382 e. The Kier molecular flexibility index (Phi) is 4.64. The fraction of sp³-hybridized carbons (Fsp3) is 0.500. The normalized spacial score (nSPS) is 28.2. The van der Waals surface area contributed by atoms with E-state index < -0.39 is 30.3 Å². The molecule has 2 saturated heterocycles. The molecule has 2 aliphatic rings. The van der Waals surface area contributed by atoms with Crippen molar-refractivity contribution in [2.24, 2.45) is 0 Å². The van der Waals surface area contributed by atoms with Crippen molar-refractivity contribution in [3.05, 3.63) is 12.2 Å². The minimum absolute atomic E-state index is 0.0756. The molecule has 11 nitrogen and oxygen atoms in total. The first kappa shape index (κ1) is 18.8. The summed E-state index contributed by atoms with van der Waals surface area (Å²) in [5.41, 5.74) is 6.53. The van der Waals surface area contributed by atoms with E-state index in [0.29, 0.717) is 11.2 Å². The van der Waals surface area contributed by atoms with Gasteiger partial charge in [0.25, 0.3) is 0 Å². The molecule has 2 fully saturated rings. The fourth-order valence-electron chi connectivity index (χ4n) is 3.30. The number of hydrogen-bond donors (Lipinski definition) is 2. The molecule has 0 amide bonds. The Bertz CT molecular complexity index is 935. The number of aromatic nitrogens is 4. The largest absolute Gasteiger partial charge is 0.382 e. The Hall–Kier alpha value is -2.94. The van der Waals surface area contributed by atoms with Crippen LogP contribution in [0.1, 0.15) is 32.8 Å². The van der Waals surface area contributed by atoms with Crippen molar-refractivity contribution < 1.29 is 19.0 Å². The molecule has 0 unspecified atom stereocenters. The molecular weight excluding hydrogens is 354 g/mol. The minimum atomic E-state index is -0.840. The van der Waals surface area contributed by atoms with Crippen molar-refractivity contribution in [1.82, 2.24) is 19.5 Å². The van der Waals surface area contributed by atoms with Crippen LogP contribution in [-0.2, 0) is 19.0 Å². The van der Waals surface area contributed by atoms with Gasteiger partial charge in [-0.05, 0) is 27.5 Å². The Labute approximate surface area is 154 Å². The van der Waals surface area contributed by atoms with Crippen LogP contribution in [0.5, 0.6) is 0 Å². The number of nitrogen functional groups attached to an aromatic ring is 1. The molecule has 0 bridgehead atoms. The number of imidazole rings is 1. The van der Waals surface area contributed by atoms with Crippen molar-refractivity contribution in [3.8, 4) is 6.07 Å². The van der Waals surface area contributed by atoms with Crippen LogP contribution < -0.4 is 5.73 Å². The van der Waals surface area contributed by atoms with E-state index in [1.165, 1.54) is 13.3 Å². The number of nitrogens with zero attached hydrogens (tertiary/aromatic N) is 5. The number of fused-ring (bicyclic) bond motifs is 2. The van der Waals surface area contributed by atoms with Gasteiger partial charge in [0.1, 0.15) is 29.9 Å². The van der Waals surface area contributed by atoms with Crippen molar-refractivity contribution in [1.29, 1.82) is 10.7 Å². The lowest BCUT2D eigenvalue weighted by molar-refractivity contribution is -0.196. The lowest BCUT2D eigenvalue weighted by Crippen LogP contribution is -2.34. The first-order valence-corrected chi connectivity index (χ1v) is 8.08. The van der Waals surface area contributed by atoms with Gasteiger partial charge in [0.15, 0.2) is 29.3 Å². The van der Waals surface area contributed by atoms with Gasteiger partial charge >= 0.3 is 0 Å². The number of anilines is 1. The molecule has 0 saturated carbocycles. The van der Waals surface area contributed by atoms with Crippen LogP contribution in [-0.4, -0.2) is 56.1 Å². The smallest absolute Gasteiger partial charge is 0.236 e. The highest BCUT2D eigenvalue weighted by molar-refractivity contribution is 5.83. The third-order valence-electron chi connectivity index (χ3n) is 4.25. The second-order valence-corrected chi connectivity index (χ2v) is 6.49. The second-order valence-electron chi connectivity index (χ2n) is 6.49. The first-order valence-electron chi connectivity index (χ1n) is 8.08. The topological polar surface area (TPSA) is 162 Å². The highest BCUT2D eigenvalue weighted by atomic mass is 16.8. The molecule has 142 valence electrons. The van der Waals surface area contributed by atoms with E-state index >= 15 is 0 Å². The number of carbonyl (C=O) groups is 1. The molecule has 0 aromatic carbocycles. The van der Waals surface area contributed by atoms with E-state index in [1.807, 2.05) is 6.07 Å². The first-order chi connectivity index (χ1) is 12.8. The van der Waals surface area contributed by atoms with Crippen LogP contribution in [0.4, 0.5) is 5.82 Å². The maximum absolute atomic E-state index is 12.0. The fourth-order valence-corrected chi connectivity index (χ4v) is 3.30. The highest BCUT2D eigenvalue weighted by Gasteiger charge is 2.57. The summed E-state index contributed by atoms with van der Waals surface area (Å²) in [5, 5.41) is 14.6. The number of hydrogen-bond acceptors (Lipinski definition) is 10. The predicted molar refractivity (Wildman–Crippen MR) is 92.7 cm³/mol.